The third kappa shape index (κ3) is 4.08. The van der Waals surface area contributed by atoms with E-state index in [1.54, 1.807) is 13.0 Å². The molecule has 0 aliphatic carbocycles. The maximum Gasteiger partial charge on any atom is 0.331 e. The Balaban J connectivity index is 3.32. The molecular weight excluding hydrogens is 296 g/mol. The predicted molar refractivity (Wildman–Crippen MR) is 79.1 cm³/mol. The van der Waals surface area contributed by atoms with Crippen LogP contribution in [0.3, 0.4) is 0 Å². The van der Waals surface area contributed by atoms with Gasteiger partial charge in [-0.3, -0.25) is 14.3 Å². The smallest absolute Gasteiger partial charge is 0.331 e. The zero-order valence-electron chi connectivity index (χ0n) is 11.9. The molecule has 7 nitrogen and oxygen atoms in total. The van der Waals surface area contributed by atoms with Gasteiger partial charge in [0.2, 0.25) is 0 Å². The Morgan fingerprint density at radius 2 is 2.10 bits per heavy atom. The average molecular weight is 314 g/mol. The van der Waals surface area contributed by atoms with Crippen molar-refractivity contribution in [1.82, 2.24) is 0 Å². The first kappa shape index (κ1) is 17.3. The fourth-order valence-electron chi connectivity index (χ4n) is 1.92. The highest BCUT2D eigenvalue weighted by Gasteiger charge is 2.42. The molecule has 0 aliphatic heterocycles. The van der Waals surface area contributed by atoms with Gasteiger partial charge in [-0.05, 0) is 19.4 Å². The Hall–Kier alpha value is -1.80. The average Bonchev–Trinajstić information content (AvgIpc) is 2.44. The standard InChI is InChI=1S/C13H18N2O5S/c1-3-20-12(16)13(14,8-9-21(2)19)10-6-4-5-7-11(10)15(17)18/h4-7H,3,8-9,14H2,1-2H3/t13-,21?/m0/s1. The van der Waals surface area contributed by atoms with Crippen molar-refractivity contribution in [2.75, 3.05) is 18.6 Å². The second kappa shape index (κ2) is 7.28. The summed E-state index contributed by atoms with van der Waals surface area (Å²) in [5.74, 6) is -0.619. The third-order valence-corrected chi connectivity index (χ3v) is 3.78. The van der Waals surface area contributed by atoms with Crippen LogP contribution in [0.5, 0.6) is 0 Å². The molecule has 21 heavy (non-hydrogen) atoms. The van der Waals surface area contributed by atoms with Gasteiger partial charge in [0.15, 0.2) is 0 Å². The van der Waals surface area contributed by atoms with Gasteiger partial charge in [0.25, 0.3) is 5.69 Å². The number of para-hydroxylation sites is 1. The lowest BCUT2D eigenvalue weighted by Crippen LogP contribution is -2.47. The molecule has 116 valence electrons. The molecule has 0 saturated carbocycles. The first-order valence-corrected chi connectivity index (χ1v) is 8.05. The molecule has 0 aliphatic rings. The second-order valence-electron chi connectivity index (χ2n) is 4.49. The number of ether oxygens (including phenoxy) is 1. The Bertz CT molecular complexity index is 563. The fraction of sp³-hybridized carbons (Fsp3) is 0.462. The summed E-state index contributed by atoms with van der Waals surface area (Å²) in [4.78, 5) is 22.7. The van der Waals surface area contributed by atoms with Crippen LogP contribution in [0.25, 0.3) is 0 Å². The van der Waals surface area contributed by atoms with Gasteiger partial charge >= 0.3 is 5.97 Å². The van der Waals surface area contributed by atoms with Crippen LogP contribution in [0.4, 0.5) is 5.69 Å². The number of nitro benzene ring substituents is 1. The molecule has 2 N–H and O–H groups in total. The van der Waals surface area contributed by atoms with E-state index in [4.69, 9.17) is 10.5 Å². The number of carbonyl (C=O) groups excluding carboxylic acids is 1. The molecule has 1 aromatic rings. The highest BCUT2D eigenvalue weighted by atomic mass is 32.2. The normalized spacial score (nSPS) is 15.0. The number of nitrogens with zero attached hydrogens (tertiary/aromatic N) is 1. The molecule has 1 rings (SSSR count). The summed E-state index contributed by atoms with van der Waals surface area (Å²) in [6.45, 7) is 1.73. The fourth-order valence-corrected chi connectivity index (χ4v) is 2.53. The number of nitro groups is 1. The van der Waals surface area contributed by atoms with Crippen molar-refractivity contribution in [3.63, 3.8) is 0 Å². The second-order valence-corrected chi connectivity index (χ2v) is 6.05. The van der Waals surface area contributed by atoms with Gasteiger partial charge in [-0.15, -0.1) is 0 Å². The van der Waals surface area contributed by atoms with Crippen LogP contribution in [-0.2, 0) is 25.9 Å². The van der Waals surface area contributed by atoms with Gasteiger partial charge in [0, 0.05) is 28.9 Å². The minimum Gasteiger partial charge on any atom is -0.464 e. The Kier molecular flexibility index (Phi) is 5.98. The zero-order valence-corrected chi connectivity index (χ0v) is 12.7. The molecule has 2 atom stereocenters. The number of hydrogen-bond donors (Lipinski definition) is 1. The van der Waals surface area contributed by atoms with Gasteiger partial charge in [-0.2, -0.15) is 0 Å². The quantitative estimate of drug-likeness (QED) is 0.458. The Morgan fingerprint density at radius 3 is 2.62 bits per heavy atom. The maximum absolute atomic E-state index is 12.2. The topological polar surface area (TPSA) is 113 Å². The van der Waals surface area contributed by atoms with E-state index in [0.29, 0.717) is 0 Å². The zero-order chi connectivity index (χ0) is 16.0. The van der Waals surface area contributed by atoms with E-state index in [0.717, 1.165) is 0 Å². The number of rotatable bonds is 7. The van der Waals surface area contributed by atoms with Crippen LogP contribution >= 0.6 is 0 Å². The van der Waals surface area contributed by atoms with Crippen molar-refractivity contribution >= 4 is 22.5 Å². The van der Waals surface area contributed by atoms with Crippen molar-refractivity contribution in [3.8, 4) is 0 Å². The Labute approximate surface area is 125 Å². The van der Waals surface area contributed by atoms with Crippen molar-refractivity contribution in [2.24, 2.45) is 5.73 Å². The van der Waals surface area contributed by atoms with E-state index in [2.05, 4.69) is 0 Å². The van der Waals surface area contributed by atoms with E-state index in [-0.39, 0.29) is 30.0 Å². The van der Waals surface area contributed by atoms with Crippen LogP contribution in [0.1, 0.15) is 18.9 Å². The Morgan fingerprint density at radius 1 is 1.48 bits per heavy atom. The summed E-state index contributed by atoms with van der Waals surface area (Å²) in [5, 5.41) is 11.1. The predicted octanol–water partition coefficient (Wildman–Crippen LogP) is 1.08. The largest absolute Gasteiger partial charge is 0.464 e. The first-order chi connectivity index (χ1) is 9.82. The SMILES string of the molecule is CCOC(=O)[C@](N)(CCS(C)=O)c1ccccc1[N+](=O)[O-]. The van der Waals surface area contributed by atoms with Crippen LogP contribution in [0.2, 0.25) is 0 Å². The molecule has 1 aromatic carbocycles. The van der Waals surface area contributed by atoms with Crippen LogP contribution < -0.4 is 5.73 Å². The molecule has 1 unspecified atom stereocenters. The molecule has 0 saturated heterocycles. The van der Waals surface area contributed by atoms with Crippen LogP contribution in [0, 0.1) is 10.1 Å². The van der Waals surface area contributed by atoms with Gasteiger partial charge in [-0.25, -0.2) is 4.79 Å². The minimum absolute atomic E-state index is 0.000201. The summed E-state index contributed by atoms with van der Waals surface area (Å²) in [5.41, 5.74) is 4.25. The lowest BCUT2D eigenvalue weighted by molar-refractivity contribution is -0.386. The van der Waals surface area contributed by atoms with E-state index in [9.17, 15) is 19.1 Å². The maximum atomic E-state index is 12.2. The third-order valence-electron chi connectivity index (χ3n) is 3.00. The number of carbonyl (C=O) groups is 1. The highest BCUT2D eigenvalue weighted by Crippen LogP contribution is 2.32. The van der Waals surface area contributed by atoms with Gasteiger partial charge in [0.1, 0.15) is 5.54 Å². The molecule has 0 heterocycles. The summed E-state index contributed by atoms with van der Waals surface area (Å²) < 4.78 is 16.2. The molecule has 0 bridgehead atoms. The number of esters is 1. The summed E-state index contributed by atoms with van der Waals surface area (Å²) in [6, 6.07) is 5.75. The van der Waals surface area contributed by atoms with Crippen molar-refractivity contribution in [2.45, 2.75) is 18.9 Å². The van der Waals surface area contributed by atoms with Crippen LogP contribution in [0.15, 0.2) is 24.3 Å². The monoisotopic (exact) mass is 314 g/mol. The minimum atomic E-state index is -1.69. The highest BCUT2D eigenvalue weighted by molar-refractivity contribution is 7.84. The van der Waals surface area contributed by atoms with Crippen LogP contribution in [-0.4, -0.2) is 33.7 Å². The molecule has 0 amide bonds. The number of hydrogen-bond acceptors (Lipinski definition) is 6. The van der Waals surface area contributed by atoms with Crippen molar-refractivity contribution < 1.29 is 18.7 Å². The van der Waals surface area contributed by atoms with Crippen molar-refractivity contribution in [3.05, 3.63) is 39.9 Å². The molecule has 0 fully saturated rings. The molecule has 8 heteroatoms. The van der Waals surface area contributed by atoms with E-state index < -0.39 is 27.2 Å². The van der Waals surface area contributed by atoms with E-state index in [1.807, 2.05) is 0 Å². The number of benzene rings is 1. The van der Waals surface area contributed by atoms with E-state index in [1.165, 1.54) is 24.5 Å². The summed E-state index contributed by atoms with van der Waals surface area (Å²) in [7, 11) is -1.18. The van der Waals surface area contributed by atoms with Crippen molar-refractivity contribution in [1.29, 1.82) is 0 Å². The number of nitrogens with two attached hydrogens (primary N) is 1. The molecule has 0 radical (unpaired) electrons. The first-order valence-electron chi connectivity index (χ1n) is 6.33. The molecular formula is C13H18N2O5S. The lowest BCUT2D eigenvalue weighted by atomic mass is 9.87. The summed E-state index contributed by atoms with van der Waals surface area (Å²) in [6.07, 6.45) is 1.48. The lowest BCUT2D eigenvalue weighted by Gasteiger charge is -2.26. The van der Waals surface area contributed by atoms with Gasteiger partial charge in [0.05, 0.1) is 17.1 Å². The molecule has 0 spiro atoms. The van der Waals surface area contributed by atoms with Gasteiger partial charge < -0.3 is 10.5 Å². The molecule has 0 aromatic heterocycles. The summed E-state index contributed by atoms with van der Waals surface area (Å²) >= 11 is 0. The van der Waals surface area contributed by atoms with E-state index >= 15 is 0 Å². The van der Waals surface area contributed by atoms with Gasteiger partial charge in [-0.1, -0.05) is 12.1 Å².